The molecular weight excluding hydrogens is 280 g/mol. The van der Waals surface area contributed by atoms with Gasteiger partial charge in [0.25, 0.3) is 0 Å². The Kier molecular flexibility index (Phi) is 5.20. The fraction of sp³-hybridized carbons (Fsp3) is 0.667. The summed E-state index contributed by atoms with van der Waals surface area (Å²) in [5, 5.41) is 4.65. The standard InChI is InChI=1S/C18H27ClN2/c1-14(13-21-10-2-3-11-21)12-20-18(15-4-5-15)16-6-8-17(19)9-7-16/h6-9,14-15,18,20H,2-5,10-13H2,1H3. The third kappa shape index (κ3) is 4.45. The van der Waals surface area contributed by atoms with Gasteiger partial charge in [-0.2, -0.15) is 0 Å². The van der Waals surface area contributed by atoms with E-state index in [0.29, 0.717) is 6.04 Å². The molecule has 1 heterocycles. The van der Waals surface area contributed by atoms with Crippen LogP contribution in [0.15, 0.2) is 24.3 Å². The van der Waals surface area contributed by atoms with Crippen LogP contribution in [0.5, 0.6) is 0 Å². The Balaban J connectivity index is 1.51. The fourth-order valence-electron chi connectivity index (χ4n) is 3.46. The quantitative estimate of drug-likeness (QED) is 0.815. The van der Waals surface area contributed by atoms with Gasteiger partial charge in [-0.25, -0.2) is 0 Å². The number of hydrogen-bond donors (Lipinski definition) is 1. The molecule has 3 rings (SSSR count). The zero-order valence-electron chi connectivity index (χ0n) is 13.0. The molecule has 21 heavy (non-hydrogen) atoms. The van der Waals surface area contributed by atoms with Crippen LogP contribution >= 0.6 is 11.6 Å². The molecule has 0 bridgehead atoms. The minimum absolute atomic E-state index is 0.517. The minimum Gasteiger partial charge on any atom is -0.309 e. The average molecular weight is 307 g/mol. The highest BCUT2D eigenvalue weighted by molar-refractivity contribution is 6.30. The molecule has 1 aliphatic heterocycles. The largest absolute Gasteiger partial charge is 0.309 e. The maximum atomic E-state index is 6.01. The van der Waals surface area contributed by atoms with Crippen molar-refractivity contribution in [2.75, 3.05) is 26.2 Å². The number of hydrogen-bond acceptors (Lipinski definition) is 2. The number of benzene rings is 1. The number of likely N-dealkylation sites (tertiary alicyclic amines) is 1. The molecule has 0 amide bonds. The molecule has 3 heteroatoms. The molecule has 0 aromatic heterocycles. The van der Waals surface area contributed by atoms with E-state index in [1.807, 2.05) is 12.1 Å². The van der Waals surface area contributed by atoms with E-state index in [-0.39, 0.29) is 0 Å². The first-order valence-corrected chi connectivity index (χ1v) is 8.81. The second-order valence-corrected chi connectivity index (χ2v) is 7.32. The molecule has 116 valence electrons. The Labute approximate surface area is 133 Å². The lowest BCUT2D eigenvalue weighted by molar-refractivity contribution is 0.275. The van der Waals surface area contributed by atoms with Crippen molar-refractivity contribution in [1.29, 1.82) is 0 Å². The molecular formula is C18H27ClN2. The van der Waals surface area contributed by atoms with E-state index in [9.17, 15) is 0 Å². The van der Waals surface area contributed by atoms with Crippen LogP contribution in [0.3, 0.4) is 0 Å². The molecule has 0 radical (unpaired) electrons. The van der Waals surface area contributed by atoms with Crippen LogP contribution < -0.4 is 5.32 Å². The summed E-state index contributed by atoms with van der Waals surface area (Å²) in [6, 6.07) is 8.92. The summed E-state index contributed by atoms with van der Waals surface area (Å²) in [5.74, 6) is 1.54. The summed E-state index contributed by atoms with van der Waals surface area (Å²) in [5.41, 5.74) is 1.40. The maximum Gasteiger partial charge on any atom is 0.0406 e. The predicted octanol–water partition coefficient (Wildman–Crippen LogP) is 4.11. The van der Waals surface area contributed by atoms with Gasteiger partial charge in [0, 0.05) is 17.6 Å². The number of rotatable bonds is 7. The molecule has 1 saturated heterocycles. The molecule has 2 atom stereocenters. The first-order valence-electron chi connectivity index (χ1n) is 8.43. The van der Waals surface area contributed by atoms with Crippen molar-refractivity contribution >= 4 is 11.6 Å². The lowest BCUT2D eigenvalue weighted by Gasteiger charge is -2.24. The van der Waals surface area contributed by atoms with Crippen LogP contribution in [0.4, 0.5) is 0 Å². The van der Waals surface area contributed by atoms with Crippen molar-refractivity contribution in [2.24, 2.45) is 11.8 Å². The summed E-state index contributed by atoms with van der Waals surface area (Å²) in [4.78, 5) is 2.61. The van der Waals surface area contributed by atoms with E-state index in [2.05, 4.69) is 29.3 Å². The Morgan fingerprint density at radius 3 is 2.48 bits per heavy atom. The summed E-state index contributed by atoms with van der Waals surface area (Å²) in [6.45, 7) is 7.32. The first kappa shape index (κ1) is 15.3. The van der Waals surface area contributed by atoms with E-state index >= 15 is 0 Å². The van der Waals surface area contributed by atoms with E-state index < -0.39 is 0 Å². The third-order valence-electron chi connectivity index (χ3n) is 4.78. The summed E-state index contributed by atoms with van der Waals surface area (Å²) < 4.78 is 0. The Hall–Kier alpha value is -0.570. The van der Waals surface area contributed by atoms with Gasteiger partial charge in [-0.1, -0.05) is 30.7 Å². The van der Waals surface area contributed by atoms with Crippen molar-refractivity contribution in [3.8, 4) is 0 Å². The molecule has 2 unspecified atom stereocenters. The van der Waals surface area contributed by atoms with Gasteiger partial charge in [0.15, 0.2) is 0 Å². The van der Waals surface area contributed by atoms with Crippen molar-refractivity contribution in [1.82, 2.24) is 10.2 Å². The van der Waals surface area contributed by atoms with Gasteiger partial charge in [0.05, 0.1) is 0 Å². The molecule has 1 N–H and O–H groups in total. The topological polar surface area (TPSA) is 15.3 Å². The summed E-state index contributed by atoms with van der Waals surface area (Å²) >= 11 is 6.01. The second kappa shape index (κ2) is 7.13. The highest BCUT2D eigenvalue weighted by Gasteiger charge is 2.32. The first-order chi connectivity index (χ1) is 10.2. The van der Waals surface area contributed by atoms with Gasteiger partial charge in [0.1, 0.15) is 0 Å². The van der Waals surface area contributed by atoms with Crippen LogP contribution in [0.2, 0.25) is 5.02 Å². The van der Waals surface area contributed by atoms with Crippen LogP contribution in [-0.4, -0.2) is 31.1 Å². The molecule has 1 aliphatic carbocycles. The molecule has 2 nitrogen and oxygen atoms in total. The zero-order valence-corrected chi connectivity index (χ0v) is 13.8. The molecule has 1 saturated carbocycles. The minimum atomic E-state index is 0.517. The van der Waals surface area contributed by atoms with E-state index in [1.54, 1.807) is 0 Å². The van der Waals surface area contributed by atoms with Gasteiger partial charge in [-0.15, -0.1) is 0 Å². The van der Waals surface area contributed by atoms with Crippen molar-refractivity contribution in [2.45, 2.75) is 38.6 Å². The number of nitrogens with one attached hydrogen (secondary N) is 1. The lowest BCUT2D eigenvalue weighted by Crippen LogP contribution is -2.34. The second-order valence-electron chi connectivity index (χ2n) is 6.89. The highest BCUT2D eigenvalue weighted by atomic mass is 35.5. The van der Waals surface area contributed by atoms with Crippen molar-refractivity contribution in [3.05, 3.63) is 34.9 Å². The van der Waals surface area contributed by atoms with Gasteiger partial charge < -0.3 is 10.2 Å². The van der Waals surface area contributed by atoms with Crippen molar-refractivity contribution in [3.63, 3.8) is 0 Å². The number of halogens is 1. The summed E-state index contributed by atoms with van der Waals surface area (Å²) in [7, 11) is 0. The zero-order chi connectivity index (χ0) is 14.7. The van der Waals surface area contributed by atoms with Gasteiger partial charge in [0.2, 0.25) is 0 Å². The van der Waals surface area contributed by atoms with Crippen LogP contribution in [0.1, 0.15) is 44.2 Å². The molecule has 0 spiro atoms. The third-order valence-corrected chi connectivity index (χ3v) is 5.03. The van der Waals surface area contributed by atoms with Crippen LogP contribution in [0.25, 0.3) is 0 Å². The molecule has 2 aliphatic rings. The van der Waals surface area contributed by atoms with Crippen molar-refractivity contribution < 1.29 is 0 Å². The monoisotopic (exact) mass is 306 g/mol. The van der Waals surface area contributed by atoms with E-state index in [1.165, 1.54) is 50.9 Å². The Morgan fingerprint density at radius 2 is 1.86 bits per heavy atom. The predicted molar refractivity (Wildman–Crippen MR) is 89.8 cm³/mol. The van der Waals surface area contributed by atoms with Gasteiger partial charge in [-0.05, 0) is 74.8 Å². The average Bonchev–Trinajstić information content (AvgIpc) is 3.18. The van der Waals surface area contributed by atoms with Crippen LogP contribution in [0, 0.1) is 11.8 Å². The lowest BCUT2D eigenvalue weighted by atomic mass is 10.0. The number of nitrogens with zero attached hydrogens (tertiary/aromatic N) is 1. The maximum absolute atomic E-state index is 6.01. The van der Waals surface area contributed by atoms with Gasteiger partial charge in [-0.3, -0.25) is 0 Å². The SMILES string of the molecule is CC(CNC(c1ccc(Cl)cc1)C1CC1)CN1CCCC1. The van der Waals surface area contributed by atoms with Gasteiger partial charge >= 0.3 is 0 Å². The summed E-state index contributed by atoms with van der Waals surface area (Å²) in [6.07, 6.45) is 5.49. The Morgan fingerprint density at radius 1 is 1.19 bits per heavy atom. The smallest absolute Gasteiger partial charge is 0.0406 e. The normalized spacial score (nSPS) is 22.4. The Bertz CT molecular complexity index is 435. The fourth-order valence-corrected chi connectivity index (χ4v) is 3.58. The van der Waals surface area contributed by atoms with E-state index in [0.717, 1.165) is 23.4 Å². The molecule has 1 aromatic carbocycles. The molecule has 2 fully saturated rings. The highest BCUT2D eigenvalue weighted by Crippen LogP contribution is 2.41. The molecule has 1 aromatic rings. The van der Waals surface area contributed by atoms with Crippen LogP contribution in [-0.2, 0) is 0 Å². The van der Waals surface area contributed by atoms with E-state index in [4.69, 9.17) is 11.6 Å².